The zero-order valence-electron chi connectivity index (χ0n) is 11.7. The van der Waals surface area contributed by atoms with Crippen LogP contribution in [0.5, 0.6) is 0 Å². The number of nitrogens with one attached hydrogen (secondary N) is 1. The van der Waals surface area contributed by atoms with Gasteiger partial charge in [0.25, 0.3) is 0 Å². The van der Waals surface area contributed by atoms with Crippen LogP contribution in [0.4, 0.5) is 13.2 Å². The molecule has 1 N–H and O–H groups in total. The highest BCUT2D eigenvalue weighted by Crippen LogP contribution is 2.34. The van der Waals surface area contributed by atoms with Crippen molar-refractivity contribution < 1.29 is 17.9 Å². The molecule has 1 aliphatic rings. The Bertz CT molecular complexity index is 447. The molecule has 1 saturated heterocycles. The van der Waals surface area contributed by atoms with E-state index in [-0.39, 0.29) is 18.2 Å². The molecule has 0 radical (unpaired) electrons. The molecule has 1 fully saturated rings. The van der Waals surface area contributed by atoms with Gasteiger partial charge in [0.1, 0.15) is 0 Å². The maximum Gasteiger partial charge on any atom is 0.416 e. The third kappa shape index (κ3) is 3.73. The van der Waals surface area contributed by atoms with Gasteiger partial charge in [0.15, 0.2) is 0 Å². The molecule has 2 nitrogen and oxygen atoms in total. The van der Waals surface area contributed by atoms with Crippen LogP contribution in [0.1, 0.15) is 43.9 Å². The number of rotatable bonds is 3. The van der Waals surface area contributed by atoms with Gasteiger partial charge in [0, 0.05) is 18.7 Å². The largest absolute Gasteiger partial charge is 0.416 e. The standard InChI is InChI=1S/C15H20F3NO/c1-10-9-12(7-8-20-10)19-11(2)13-5-3-4-6-14(13)15(16,17)18/h3-6,10-12,19H,7-9H2,1-2H3. The number of hydrogen-bond acceptors (Lipinski definition) is 2. The zero-order chi connectivity index (χ0) is 14.8. The van der Waals surface area contributed by atoms with Gasteiger partial charge in [-0.25, -0.2) is 0 Å². The number of alkyl halides is 3. The highest BCUT2D eigenvalue weighted by atomic mass is 19.4. The molecule has 5 heteroatoms. The van der Waals surface area contributed by atoms with E-state index in [2.05, 4.69) is 5.32 Å². The Morgan fingerprint density at radius 1 is 1.30 bits per heavy atom. The van der Waals surface area contributed by atoms with Crippen LogP contribution >= 0.6 is 0 Å². The summed E-state index contributed by atoms with van der Waals surface area (Å²) >= 11 is 0. The molecule has 1 aliphatic heterocycles. The molecule has 1 aromatic carbocycles. The van der Waals surface area contributed by atoms with E-state index in [9.17, 15) is 13.2 Å². The Morgan fingerprint density at radius 2 is 2.00 bits per heavy atom. The second-order valence-corrected chi connectivity index (χ2v) is 5.38. The molecule has 0 aromatic heterocycles. The summed E-state index contributed by atoms with van der Waals surface area (Å²) in [5.41, 5.74) is -0.251. The van der Waals surface area contributed by atoms with Crippen LogP contribution in [0.2, 0.25) is 0 Å². The van der Waals surface area contributed by atoms with Gasteiger partial charge in [-0.3, -0.25) is 0 Å². The first kappa shape index (κ1) is 15.3. The minimum atomic E-state index is -4.31. The highest BCUT2D eigenvalue weighted by Gasteiger charge is 2.34. The summed E-state index contributed by atoms with van der Waals surface area (Å²) < 4.78 is 44.5. The molecular weight excluding hydrogens is 267 g/mol. The van der Waals surface area contributed by atoms with E-state index in [0.717, 1.165) is 18.9 Å². The van der Waals surface area contributed by atoms with Gasteiger partial charge in [-0.1, -0.05) is 18.2 Å². The van der Waals surface area contributed by atoms with Crippen LogP contribution < -0.4 is 5.32 Å². The molecule has 3 atom stereocenters. The first-order valence-electron chi connectivity index (χ1n) is 6.91. The maximum absolute atomic E-state index is 13.0. The number of hydrogen-bond donors (Lipinski definition) is 1. The fraction of sp³-hybridized carbons (Fsp3) is 0.600. The van der Waals surface area contributed by atoms with Crippen molar-refractivity contribution in [3.05, 3.63) is 35.4 Å². The van der Waals surface area contributed by atoms with Gasteiger partial charge in [0.05, 0.1) is 11.7 Å². The van der Waals surface area contributed by atoms with Crippen molar-refractivity contribution in [2.75, 3.05) is 6.61 Å². The first-order chi connectivity index (χ1) is 9.38. The molecule has 112 valence electrons. The third-order valence-electron chi connectivity index (χ3n) is 3.70. The van der Waals surface area contributed by atoms with E-state index in [1.165, 1.54) is 6.07 Å². The summed E-state index contributed by atoms with van der Waals surface area (Å²) in [5, 5.41) is 3.30. The molecule has 3 unspecified atom stereocenters. The molecule has 0 spiro atoms. The normalized spacial score (nSPS) is 25.4. The second-order valence-electron chi connectivity index (χ2n) is 5.38. The molecule has 0 aliphatic carbocycles. The SMILES string of the molecule is CC1CC(NC(C)c2ccccc2C(F)(F)F)CCO1. The van der Waals surface area contributed by atoms with Crippen molar-refractivity contribution in [3.63, 3.8) is 0 Å². The van der Waals surface area contributed by atoms with E-state index in [0.29, 0.717) is 12.2 Å². The summed E-state index contributed by atoms with van der Waals surface area (Å²) in [4.78, 5) is 0. The molecule has 1 aromatic rings. The van der Waals surface area contributed by atoms with Crippen LogP contribution in [0, 0.1) is 0 Å². The average Bonchev–Trinajstić information content (AvgIpc) is 2.37. The summed E-state index contributed by atoms with van der Waals surface area (Å²) in [5.74, 6) is 0. The van der Waals surface area contributed by atoms with Crippen LogP contribution in [0.15, 0.2) is 24.3 Å². The van der Waals surface area contributed by atoms with Gasteiger partial charge in [-0.15, -0.1) is 0 Å². The van der Waals surface area contributed by atoms with E-state index in [1.807, 2.05) is 6.92 Å². The highest BCUT2D eigenvalue weighted by molar-refractivity contribution is 5.32. The topological polar surface area (TPSA) is 21.3 Å². The van der Waals surface area contributed by atoms with Gasteiger partial charge in [-0.05, 0) is 38.3 Å². The zero-order valence-corrected chi connectivity index (χ0v) is 11.7. The minimum absolute atomic E-state index is 0.159. The Labute approximate surface area is 117 Å². The molecule has 2 rings (SSSR count). The second kappa shape index (κ2) is 6.14. The lowest BCUT2D eigenvalue weighted by molar-refractivity contribution is -0.138. The summed E-state index contributed by atoms with van der Waals surface area (Å²) in [6.07, 6.45) is -2.48. The number of benzene rings is 1. The van der Waals surface area contributed by atoms with E-state index < -0.39 is 11.7 Å². The predicted octanol–water partition coefficient (Wildman–Crippen LogP) is 3.92. The fourth-order valence-electron chi connectivity index (χ4n) is 2.73. The van der Waals surface area contributed by atoms with Crippen molar-refractivity contribution in [1.29, 1.82) is 0 Å². The first-order valence-corrected chi connectivity index (χ1v) is 6.91. The maximum atomic E-state index is 13.0. The lowest BCUT2D eigenvalue weighted by Crippen LogP contribution is -2.39. The fourth-order valence-corrected chi connectivity index (χ4v) is 2.73. The molecule has 20 heavy (non-hydrogen) atoms. The Hall–Kier alpha value is -1.07. The van der Waals surface area contributed by atoms with Crippen molar-refractivity contribution in [1.82, 2.24) is 5.32 Å². The van der Waals surface area contributed by atoms with Crippen molar-refractivity contribution in [3.8, 4) is 0 Å². The summed E-state index contributed by atoms with van der Waals surface area (Å²) in [6.45, 7) is 4.43. The van der Waals surface area contributed by atoms with Gasteiger partial charge in [-0.2, -0.15) is 13.2 Å². The summed E-state index contributed by atoms with van der Waals surface area (Å²) in [7, 11) is 0. The minimum Gasteiger partial charge on any atom is -0.378 e. The van der Waals surface area contributed by atoms with Gasteiger partial charge >= 0.3 is 6.18 Å². The quantitative estimate of drug-likeness (QED) is 0.909. The van der Waals surface area contributed by atoms with Crippen molar-refractivity contribution >= 4 is 0 Å². The average molecular weight is 287 g/mol. The molecule has 0 saturated carbocycles. The van der Waals surface area contributed by atoms with E-state index in [4.69, 9.17) is 4.74 Å². The molecule has 0 bridgehead atoms. The van der Waals surface area contributed by atoms with Crippen molar-refractivity contribution in [2.24, 2.45) is 0 Å². The Balaban J connectivity index is 2.11. The van der Waals surface area contributed by atoms with Crippen LogP contribution in [-0.4, -0.2) is 18.8 Å². The molecule has 0 amide bonds. The Morgan fingerprint density at radius 3 is 2.65 bits per heavy atom. The lowest BCUT2D eigenvalue weighted by atomic mass is 9.98. The number of ether oxygens (including phenoxy) is 1. The Kier molecular flexibility index (Phi) is 4.70. The lowest BCUT2D eigenvalue weighted by Gasteiger charge is -2.31. The third-order valence-corrected chi connectivity index (χ3v) is 3.70. The smallest absolute Gasteiger partial charge is 0.378 e. The summed E-state index contributed by atoms with van der Waals surface area (Å²) in [6, 6.07) is 5.63. The van der Waals surface area contributed by atoms with Gasteiger partial charge in [0.2, 0.25) is 0 Å². The van der Waals surface area contributed by atoms with Crippen molar-refractivity contribution in [2.45, 2.75) is 51.1 Å². The van der Waals surface area contributed by atoms with E-state index >= 15 is 0 Å². The number of halogens is 3. The van der Waals surface area contributed by atoms with E-state index in [1.54, 1.807) is 19.1 Å². The van der Waals surface area contributed by atoms with Crippen LogP contribution in [0.25, 0.3) is 0 Å². The molecule has 1 heterocycles. The predicted molar refractivity (Wildman–Crippen MR) is 71.4 cm³/mol. The van der Waals surface area contributed by atoms with Crippen LogP contribution in [-0.2, 0) is 10.9 Å². The monoisotopic (exact) mass is 287 g/mol. The molecular formula is C15H20F3NO. The van der Waals surface area contributed by atoms with Gasteiger partial charge < -0.3 is 10.1 Å². The van der Waals surface area contributed by atoms with Crippen LogP contribution in [0.3, 0.4) is 0 Å².